The van der Waals surface area contributed by atoms with Crippen LogP contribution in [-0.2, 0) is 0 Å². The molecule has 1 aliphatic heterocycles. The minimum atomic E-state index is 0.284. The average molecular weight is 272 g/mol. The van der Waals surface area contributed by atoms with Gasteiger partial charge in [0.15, 0.2) is 0 Å². The zero-order chi connectivity index (χ0) is 14.4. The monoisotopic (exact) mass is 272 g/mol. The van der Waals surface area contributed by atoms with E-state index in [9.17, 15) is 0 Å². The molecule has 1 heterocycles. The van der Waals surface area contributed by atoms with Gasteiger partial charge in [0.1, 0.15) is 0 Å². The number of hydrogen-bond acceptors (Lipinski definition) is 2. The summed E-state index contributed by atoms with van der Waals surface area (Å²) in [5, 5.41) is 3.82. The standard InChI is InChI=1S/C18H28N2/c1-4-7-13-20-15-18(5-2,6-3)19-14-17(20)16-11-9-8-10-12-16/h4,8-12,17,19H,1,5-7,13-15H2,2-3H3. The zero-order valence-corrected chi connectivity index (χ0v) is 12.9. The van der Waals surface area contributed by atoms with Crippen molar-refractivity contribution in [3.05, 3.63) is 48.6 Å². The zero-order valence-electron chi connectivity index (χ0n) is 12.9. The maximum absolute atomic E-state index is 3.88. The molecule has 1 unspecified atom stereocenters. The third-order valence-corrected chi connectivity index (χ3v) is 4.78. The Labute approximate surface area is 123 Å². The summed E-state index contributed by atoms with van der Waals surface area (Å²) in [6.07, 6.45) is 5.47. The average Bonchev–Trinajstić information content (AvgIpc) is 2.53. The molecule has 1 saturated heterocycles. The Bertz CT molecular complexity index is 409. The van der Waals surface area contributed by atoms with Crippen LogP contribution in [0.15, 0.2) is 43.0 Å². The number of nitrogens with zero attached hydrogens (tertiary/aromatic N) is 1. The van der Waals surface area contributed by atoms with Gasteiger partial charge in [0, 0.05) is 31.2 Å². The first kappa shape index (κ1) is 15.3. The van der Waals surface area contributed by atoms with Crippen molar-refractivity contribution in [3.63, 3.8) is 0 Å². The second-order valence-electron chi connectivity index (χ2n) is 5.84. The molecule has 1 atom stereocenters. The fraction of sp³-hybridized carbons (Fsp3) is 0.556. The predicted molar refractivity (Wildman–Crippen MR) is 86.9 cm³/mol. The van der Waals surface area contributed by atoms with Gasteiger partial charge < -0.3 is 5.32 Å². The van der Waals surface area contributed by atoms with Gasteiger partial charge in [0.25, 0.3) is 0 Å². The lowest BCUT2D eigenvalue weighted by Crippen LogP contribution is -2.60. The molecule has 0 amide bonds. The van der Waals surface area contributed by atoms with E-state index in [1.807, 2.05) is 6.08 Å². The summed E-state index contributed by atoms with van der Waals surface area (Å²) in [7, 11) is 0. The van der Waals surface area contributed by atoms with Crippen LogP contribution in [-0.4, -0.2) is 30.1 Å². The number of hydrogen-bond donors (Lipinski definition) is 1. The Hall–Kier alpha value is -1.12. The summed E-state index contributed by atoms with van der Waals surface area (Å²) in [6.45, 7) is 11.8. The molecule has 20 heavy (non-hydrogen) atoms. The van der Waals surface area contributed by atoms with Gasteiger partial charge in [-0.15, -0.1) is 6.58 Å². The van der Waals surface area contributed by atoms with E-state index >= 15 is 0 Å². The van der Waals surface area contributed by atoms with E-state index in [2.05, 4.69) is 61.0 Å². The van der Waals surface area contributed by atoms with Crippen LogP contribution in [0.5, 0.6) is 0 Å². The van der Waals surface area contributed by atoms with Crippen molar-refractivity contribution in [2.45, 2.75) is 44.7 Å². The van der Waals surface area contributed by atoms with Crippen molar-refractivity contribution in [2.24, 2.45) is 0 Å². The minimum absolute atomic E-state index is 0.284. The lowest BCUT2D eigenvalue weighted by atomic mass is 9.87. The van der Waals surface area contributed by atoms with E-state index < -0.39 is 0 Å². The number of nitrogens with one attached hydrogen (secondary N) is 1. The molecule has 1 aromatic carbocycles. The molecule has 0 bridgehead atoms. The second kappa shape index (κ2) is 7.05. The first-order valence-corrected chi connectivity index (χ1v) is 7.89. The number of benzene rings is 1. The van der Waals surface area contributed by atoms with Gasteiger partial charge in [-0.3, -0.25) is 4.90 Å². The van der Waals surface area contributed by atoms with Crippen molar-refractivity contribution < 1.29 is 0 Å². The van der Waals surface area contributed by atoms with Gasteiger partial charge in [0.2, 0.25) is 0 Å². The summed E-state index contributed by atoms with van der Waals surface area (Å²) in [4.78, 5) is 2.64. The maximum Gasteiger partial charge on any atom is 0.0473 e. The van der Waals surface area contributed by atoms with Gasteiger partial charge in [-0.2, -0.15) is 0 Å². The van der Waals surface area contributed by atoms with Gasteiger partial charge in [-0.05, 0) is 24.8 Å². The fourth-order valence-electron chi connectivity index (χ4n) is 3.22. The quantitative estimate of drug-likeness (QED) is 0.793. The molecule has 0 radical (unpaired) electrons. The fourth-order valence-corrected chi connectivity index (χ4v) is 3.22. The van der Waals surface area contributed by atoms with Crippen molar-refractivity contribution in [3.8, 4) is 0 Å². The van der Waals surface area contributed by atoms with E-state index in [1.54, 1.807) is 0 Å². The van der Waals surface area contributed by atoms with Crippen LogP contribution in [0.2, 0.25) is 0 Å². The molecule has 2 nitrogen and oxygen atoms in total. The Morgan fingerprint density at radius 3 is 2.60 bits per heavy atom. The lowest BCUT2D eigenvalue weighted by molar-refractivity contribution is 0.0738. The highest BCUT2D eigenvalue weighted by atomic mass is 15.3. The Kier molecular flexibility index (Phi) is 5.38. The smallest absolute Gasteiger partial charge is 0.0473 e. The summed E-state index contributed by atoms with van der Waals surface area (Å²) in [5.41, 5.74) is 1.71. The topological polar surface area (TPSA) is 15.3 Å². The molecule has 110 valence electrons. The summed E-state index contributed by atoms with van der Waals surface area (Å²) in [6, 6.07) is 11.4. The van der Waals surface area contributed by atoms with Crippen molar-refractivity contribution in [2.75, 3.05) is 19.6 Å². The Morgan fingerprint density at radius 2 is 2.00 bits per heavy atom. The van der Waals surface area contributed by atoms with Gasteiger partial charge in [-0.1, -0.05) is 50.3 Å². The van der Waals surface area contributed by atoms with E-state index in [1.165, 1.54) is 18.4 Å². The van der Waals surface area contributed by atoms with E-state index in [0.717, 1.165) is 26.1 Å². The molecule has 2 heteroatoms. The highest BCUT2D eigenvalue weighted by molar-refractivity contribution is 5.21. The van der Waals surface area contributed by atoms with Crippen LogP contribution in [0.3, 0.4) is 0 Å². The molecule has 0 aliphatic carbocycles. The van der Waals surface area contributed by atoms with Crippen LogP contribution in [0.4, 0.5) is 0 Å². The van der Waals surface area contributed by atoms with Crippen molar-refractivity contribution in [1.82, 2.24) is 10.2 Å². The highest BCUT2D eigenvalue weighted by Gasteiger charge is 2.36. The molecule has 1 fully saturated rings. The molecule has 0 saturated carbocycles. The number of piperazine rings is 1. The molecule has 1 N–H and O–H groups in total. The summed E-state index contributed by atoms with van der Waals surface area (Å²) in [5.74, 6) is 0. The minimum Gasteiger partial charge on any atom is -0.308 e. The summed E-state index contributed by atoms with van der Waals surface area (Å²) < 4.78 is 0. The largest absolute Gasteiger partial charge is 0.308 e. The Morgan fingerprint density at radius 1 is 1.30 bits per heavy atom. The Balaban J connectivity index is 2.17. The van der Waals surface area contributed by atoms with Crippen LogP contribution in [0.25, 0.3) is 0 Å². The third-order valence-electron chi connectivity index (χ3n) is 4.78. The molecule has 1 aliphatic rings. The van der Waals surface area contributed by atoms with Crippen LogP contribution < -0.4 is 5.32 Å². The first-order chi connectivity index (χ1) is 9.74. The second-order valence-corrected chi connectivity index (χ2v) is 5.84. The van der Waals surface area contributed by atoms with Crippen molar-refractivity contribution >= 4 is 0 Å². The normalized spacial score (nSPS) is 22.6. The van der Waals surface area contributed by atoms with E-state index in [4.69, 9.17) is 0 Å². The molecule has 0 aromatic heterocycles. The molecule has 2 rings (SSSR count). The van der Waals surface area contributed by atoms with Crippen molar-refractivity contribution in [1.29, 1.82) is 0 Å². The van der Waals surface area contributed by atoms with Crippen LogP contribution >= 0.6 is 0 Å². The van der Waals surface area contributed by atoms with Crippen LogP contribution in [0.1, 0.15) is 44.7 Å². The third kappa shape index (κ3) is 3.31. The number of rotatable bonds is 6. The van der Waals surface area contributed by atoms with Crippen LogP contribution in [0, 0.1) is 0 Å². The maximum atomic E-state index is 3.88. The molecular formula is C18H28N2. The predicted octanol–water partition coefficient (Wildman–Crippen LogP) is 3.77. The highest BCUT2D eigenvalue weighted by Crippen LogP contribution is 2.30. The lowest BCUT2D eigenvalue weighted by Gasteiger charge is -2.47. The summed E-state index contributed by atoms with van der Waals surface area (Å²) >= 11 is 0. The molecule has 1 aromatic rings. The SMILES string of the molecule is C=CCCN1CC(CC)(CC)NCC1c1ccccc1. The van der Waals surface area contributed by atoms with Gasteiger partial charge in [0.05, 0.1) is 0 Å². The van der Waals surface area contributed by atoms with Gasteiger partial charge in [-0.25, -0.2) is 0 Å². The van der Waals surface area contributed by atoms with E-state index in [0.29, 0.717) is 6.04 Å². The molecule has 0 spiro atoms. The molecular weight excluding hydrogens is 244 g/mol. The van der Waals surface area contributed by atoms with E-state index in [-0.39, 0.29) is 5.54 Å². The first-order valence-electron chi connectivity index (χ1n) is 7.89. The van der Waals surface area contributed by atoms with Gasteiger partial charge >= 0.3 is 0 Å².